The minimum absolute atomic E-state index is 0.103. The number of hydrogen-bond donors (Lipinski definition) is 1. The first-order valence-electron chi connectivity index (χ1n) is 6.80. The summed E-state index contributed by atoms with van der Waals surface area (Å²) in [4.78, 5) is 8.70. The molecule has 110 valence electrons. The Kier molecular flexibility index (Phi) is 3.84. The molecule has 2 aromatic rings. The minimum Gasteiger partial charge on any atom is -0.397 e. The molecule has 0 amide bonds. The topological polar surface area (TPSA) is 45.4 Å². The molecule has 2 heterocycles. The van der Waals surface area contributed by atoms with Gasteiger partial charge in [0.05, 0.1) is 16.4 Å². The van der Waals surface area contributed by atoms with Crippen LogP contribution in [-0.4, -0.2) is 31.2 Å². The Labute approximate surface area is 127 Å². The molecule has 0 radical (unpaired) electrons. The second kappa shape index (κ2) is 5.77. The van der Waals surface area contributed by atoms with Gasteiger partial charge in [-0.3, -0.25) is 0 Å². The van der Waals surface area contributed by atoms with Crippen molar-refractivity contribution in [1.29, 1.82) is 0 Å². The van der Waals surface area contributed by atoms with Gasteiger partial charge in [0.1, 0.15) is 11.6 Å². The van der Waals surface area contributed by atoms with Crippen molar-refractivity contribution in [3.8, 4) is 0 Å². The molecular weight excluding hydrogens is 291 g/mol. The van der Waals surface area contributed by atoms with Gasteiger partial charge in [-0.05, 0) is 18.2 Å². The van der Waals surface area contributed by atoms with Gasteiger partial charge < -0.3 is 15.5 Å². The molecule has 1 fully saturated rings. The van der Waals surface area contributed by atoms with E-state index >= 15 is 0 Å². The van der Waals surface area contributed by atoms with E-state index in [0.717, 1.165) is 37.7 Å². The Morgan fingerprint density at radius 1 is 1.10 bits per heavy atom. The average molecular weight is 307 g/mol. The zero-order valence-electron chi connectivity index (χ0n) is 11.5. The van der Waals surface area contributed by atoms with E-state index in [0.29, 0.717) is 5.69 Å². The van der Waals surface area contributed by atoms with Crippen molar-refractivity contribution in [2.75, 3.05) is 41.7 Å². The number of piperazine rings is 1. The number of nitrogens with two attached hydrogens (primary N) is 1. The number of aromatic nitrogens is 1. The van der Waals surface area contributed by atoms with E-state index < -0.39 is 5.82 Å². The van der Waals surface area contributed by atoms with Crippen molar-refractivity contribution in [3.05, 3.63) is 47.4 Å². The summed E-state index contributed by atoms with van der Waals surface area (Å²) in [6.07, 6.45) is 1.79. The van der Waals surface area contributed by atoms with Crippen LogP contribution in [0.4, 0.5) is 21.6 Å². The number of nitrogens with zero attached hydrogens (tertiary/aromatic N) is 3. The highest BCUT2D eigenvalue weighted by Gasteiger charge is 2.20. The molecule has 4 nitrogen and oxygen atoms in total. The molecule has 1 saturated heterocycles. The Bertz CT molecular complexity index is 627. The Morgan fingerprint density at radius 2 is 1.81 bits per heavy atom. The second-order valence-corrected chi connectivity index (χ2v) is 5.39. The highest BCUT2D eigenvalue weighted by atomic mass is 35.5. The highest BCUT2D eigenvalue weighted by molar-refractivity contribution is 6.31. The van der Waals surface area contributed by atoms with Gasteiger partial charge in [-0.2, -0.15) is 0 Å². The fourth-order valence-corrected chi connectivity index (χ4v) is 2.70. The Morgan fingerprint density at radius 3 is 2.48 bits per heavy atom. The van der Waals surface area contributed by atoms with Gasteiger partial charge in [-0.15, -0.1) is 0 Å². The molecule has 0 aliphatic carbocycles. The van der Waals surface area contributed by atoms with Crippen LogP contribution in [0.3, 0.4) is 0 Å². The van der Waals surface area contributed by atoms with Crippen molar-refractivity contribution in [1.82, 2.24) is 4.98 Å². The lowest BCUT2D eigenvalue weighted by Gasteiger charge is -2.37. The van der Waals surface area contributed by atoms with Crippen LogP contribution in [0, 0.1) is 5.82 Å². The number of rotatable bonds is 2. The summed E-state index contributed by atoms with van der Waals surface area (Å²) in [5.41, 5.74) is 7.11. The van der Waals surface area contributed by atoms with Crippen molar-refractivity contribution in [2.24, 2.45) is 0 Å². The van der Waals surface area contributed by atoms with Gasteiger partial charge in [-0.1, -0.05) is 17.7 Å². The van der Waals surface area contributed by atoms with Crippen LogP contribution in [0.25, 0.3) is 0 Å². The van der Waals surface area contributed by atoms with Gasteiger partial charge in [-0.25, -0.2) is 9.37 Å². The highest BCUT2D eigenvalue weighted by Crippen LogP contribution is 2.30. The van der Waals surface area contributed by atoms with Gasteiger partial charge in [0, 0.05) is 38.4 Å². The van der Waals surface area contributed by atoms with E-state index in [1.165, 1.54) is 6.07 Å². The first kappa shape index (κ1) is 13.9. The largest absolute Gasteiger partial charge is 0.397 e. The van der Waals surface area contributed by atoms with Crippen LogP contribution >= 0.6 is 11.6 Å². The van der Waals surface area contributed by atoms with Crippen LogP contribution in [0.2, 0.25) is 5.02 Å². The maximum Gasteiger partial charge on any atom is 0.143 e. The summed E-state index contributed by atoms with van der Waals surface area (Å²) in [5, 5.41) is 0.103. The molecule has 1 aromatic carbocycles. The van der Waals surface area contributed by atoms with Crippen LogP contribution < -0.4 is 15.5 Å². The monoisotopic (exact) mass is 306 g/mol. The summed E-state index contributed by atoms with van der Waals surface area (Å²) in [6, 6.07) is 8.76. The van der Waals surface area contributed by atoms with E-state index in [2.05, 4.69) is 14.8 Å². The normalized spacial score (nSPS) is 15.3. The lowest BCUT2D eigenvalue weighted by Crippen LogP contribution is -2.47. The molecule has 0 saturated carbocycles. The average Bonchev–Trinajstić information content (AvgIpc) is 2.52. The molecule has 3 rings (SSSR count). The fourth-order valence-electron chi connectivity index (χ4n) is 2.54. The lowest BCUT2D eigenvalue weighted by atomic mass is 10.2. The predicted molar refractivity (Wildman–Crippen MR) is 84.5 cm³/mol. The summed E-state index contributed by atoms with van der Waals surface area (Å²) < 4.78 is 13.4. The van der Waals surface area contributed by atoms with E-state index in [4.69, 9.17) is 17.3 Å². The predicted octanol–water partition coefficient (Wildman–Crippen LogP) is 2.78. The van der Waals surface area contributed by atoms with Crippen molar-refractivity contribution in [3.63, 3.8) is 0 Å². The molecule has 0 bridgehead atoms. The molecule has 1 aliphatic rings. The third-order valence-corrected chi connectivity index (χ3v) is 3.95. The summed E-state index contributed by atoms with van der Waals surface area (Å²) in [7, 11) is 0. The first-order chi connectivity index (χ1) is 10.1. The number of nitrogen functional groups attached to an aromatic ring is 1. The number of hydrogen-bond acceptors (Lipinski definition) is 4. The van der Waals surface area contributed by atoms with Crippen molar-refractivity contribution >= 4 is 28.8 Å². The molecular formula is C15H16ClFN4. The lowest BCUT2D eigenvalue weighted by molar-refractivity contribution is 0.625. The third-order valence-electron chi connectivity index (χ3n) is 3.66. The molecule has 6 heteroatoms. The molecule has 0 atom stereocenters. The smallest absolute Gasteiger partial charge is 0.143 e. The van der Waals surface area contributed by atoms with Crippen LogP contribution in [0.15, 0.2) is 36.5 Å². The zero-order chi connectivity index (χ0) is 14.8. The molecule has 1 aliphatic heterocycles. The van der Waals surface area contributed by atoms with E-state index in [-0.39, 0.29) is 5.02 Å². The first-order valence-corrected chi connectivity index (χ1v) is 7.18. The van der Waals surface area contributed by atoms with Crippen LogP contribution in [-0.2, 0) is 0 Å². The molecule has 0 spiro atoms. The minimum atomic E-state index is -0.481. The van der Waals surface area contributed by atoms with Gasteiger partial charge >= 0.3 is 0 Å². The number of anilines is 3. The molecule has 1 aromatic heterocycles. The van der Waals surface area contributed by atoms with Crippen LogP contribution in [0.5, 0.6) is 0 Å². The summed E-state index contributed by atoms with van der Waals surface area (Å²) >= 11 is 5.85. The van der Waals surface area contributed by atoms with Crippen molar-refractivity contribution in [2.45, 2.75) is 0 Å². The van der Waals surface area contributed by atoms with Gasteiger partial charge in [0.15, 0.2) is 0 Å². The Hall–Kier alpha value is -2.01. The quantitative estimate of drug-likeness (QED) is 0.867. The third kappa shape index (κ3) is 2.88. The molecule has 2 N–H and O–H groups in total. The van der Waals surface area contributed by atoms with E-state index in [1.54, 1.807) is 12.3 Å². The van der Waals surface area contributed by atoms with Gasteiger partial charge in [0.2, 0.25) is 0 Å². The maximum atomic E-state index is 13.4. The number of pyridine rings is 1. The molecule has 21 heavy (non-hydrogen) atoms. The molecule has 0 unspecified atom stereocenters. The van der Waals surface area contributed by atoms with Gasteiger partial charge in [0.25, 0.3) is 0 Å². The van der Waals surface area contributed by atoms with E-state index in [9.17, 15) is 4.39 Å². The fraction of sp³-hybridized carbons (Fsp3) is 0.267. The second-order valence-electron chi connectivity index (χ2n) is 4.99. The number of halogens is 2. The summed E-state index contributed by atoms with van der Waals surface area (Å²) in [5.74, 6) is 0.493. The maximum absolute atomic E-state index is 13.4. The standard InChI is InChI=1S/C15H16ClFN4/c16-11-9-14(13(18)10-12(11)17)20-5-7-21(8-6-20)15-3-1-2-4-19-15/h1-4,9-10H,5-8,18H2. The SMILES string of the molecule is Nc1cc(F)c(Cl)cc1N1CCN(c2ccccn2)CC1. The summed E-state index contributed by atoms with van der Waals surface area (Å²) in [6.45, 7) is 3.27. The number of benzene rings is 1. The van der Waals surface area contributed by atoms with Crippen molar-refractivity contribution < 1.29 is 4.39 Å². The van der Waals surface area contributed by atoms with Crippen LogP contribution in [0.1, 0.15) is 0 Å². The Balaban J connectivity index is 1.73. The zero-order valence-corrected chi connectivity index (χ0v) is 12.2. The van der Waals surface area contributed by atoms with E-state index in [1.807, 2.05) is 18.2 Å².